The van der Waals surface area contributed by atoms with E-state index in [9.17, 15) is 9.59 Å². The van der Waals surface area contributed by atoms with Gasteiger partial charge in [0.2, 0.25) is 11.9 Å². The first-order chi connectivity index (χ1) is 15.5. The van der Waals surface area contributed by atoms with Crippen molar-refractivity contribution in [1.29, 1.82) is 0 Å². The van der Waals surface area contributed by atoms with E-state index in [1.807, 2.05) is 36.1 Å². The van der Waals surface area contributed by atoms with Gasteiger partial charge in [0.05, 0.1) is 5.92 Å². The average molecular weight is 433 g/mol. The second-order valence-corrected chi connectivity index (χ2v) is 8.98. The third kappa shape index (κ3) is 3.81. The average Bonchev–Trinajstić information content (AvgIpc) is 3.53. The van der Waals surface area contributed by atoms with E-state index in [1.165, 1.54) is 0 Å². The van der Waals surface area contributed by atoms with Crippen LogP contribution in [0.1, 0.15) is 35.2 Å². The number of allylic oxidation sites excluding steroid dienone is 1. The number of fused-ring (bicyclic) bond motifs is 2. The molecule has 1 aromatic carbocycles. The van der Waals surface area contributed by atoms with Crippen LogP contribution in [0, 0.1) is 24.7 Å². The molecule has 1 saturated heterocycles. The van der Waals surface area contributed by atoms with Crippen LogP contribution in [0.25, 0.3) is 0 Å². The number of aryl methyl sites for hydroxylation is 1. The lowest BCUT2D eigenvalue weighted by molar-refractivity contribution is -0.122. The maximum Gasteiger partial charge on any atom is 0.253 e. The Morgan fingerprint density at radius 1 is 1.16 bits per heavy atom. The van der Waals surface area contributed by atoms with Crippen LogP contribution >= 0.6 is 0 Å². The molecule has 166 valence electrons. The quantitative estimate of drug-likeness (QED) is 0.605. The van der Waals surface area contributed by atoms with E-state index in [0.717, 1.165) is 43.6 Å². The number of carbonyl (C=O) groups is 2. The third-order valence-electron chi connectivity index (χ3n) is 6.82. The molecule has 1 saturated carbocycles. The van der Waals surface area contributed by atoms with E-state index in [1.54, 1.807) is 6.20 Å². The molecular weight excluding hydrogens is 404 g/mol. The van der Waals surface area contributed by atoms with E-state index in [2.05, 4.69) is 32.8 Å². The molecule has 32 heavy (non-hydrogen) atoms. The molecule has 2 aliphatic carbocycles. The van der Waals surface area contributed by atoms with Gasteiger partial charge in [0.1, 0.15) is 5.82 Å². The van der Waals surface area contributed by atoms with Gasteiger partial charge in [-0.25, -0.2) is 4.98 Å². The number of likely N-dealkylation sites (tertiary alicyclic amines) is 1. The number of hydrogen-bond donors (Lipinski definition) is 3. The number of anilines is 3. The number of rotatable bonds is 6. The Bertz CT molecular complexity index is 1080. The third-order valence-corrected chi connectivity index (χ3v) is 6.82. The number of hydrogen-bond acceptors (Lipinski definition) is 6. The first kappa shape index (κ1) is 20.5. The van der Waals surface area contributed by atoms with Gasteiger partial charge in [-0.2, -0.15) is 4.98 Å². The minimum absolute atomic E-state index is 0.0557. The standard InChI is InChI=1S/C24H28N6O2/c1-14-13-26-24(27-18-6-4-5-17(12-18)23(32)30-9-2-3-10-30)29-22(14)28-20-16-8-7-15(11-16)19(20)21(25)31/h4-8,12-13,15-16,19-20H,2-3,9-11H2,1H3,(H2,25,31)(H2,26,27,28,29)/t15-,16+,19+,20-/m1/s1. The summed E-state index contributed by atoms with van der Waals surface area (Å²) in [5.74, 6) is 1.14. The number of amides is 2. The largest absolute Gasteiger partial charge is 0.369 e. The highest BCUT2D eigenvalue weighted by molar-refractivity contribution is 5.95. The molecule has 1 aromatic heterocycles. The van der Waals surface area contributed by atoms with Crippen LogP contribution in [-0.2, 0) is 4.79 Å². The zero-order chi connectivity index (χ0) is 22.2. The van der Waals surface area contributed by atoms with Crippen LogP contribution in [0.5, 0.6) is 0 Å². The van der Waals surface area contributed by atoms with E-state index < -0.39 is 0 Å². The van der Waals surface area contributed by atoms with E-state index in [-0.39, 0.29) is 35.6 Å². The fourth-order valence-corrected chi connectivity index (χ4v) is 5.18. The molecule has 0 spiro atoms. The van der Waals surface area contributed by atoms with Crippen molar-refractivity contribution in [3.05, 3.63) is 53.7 Å². The summed E-state index contributed by atoms with van der Waals surface area (Å²) in [6.07, 6.45) is 9.09. The van der Waals surface area contributed by atoms with Gasteiger partial charge < -0.3 is 21.3 Å². The lowest BCUT2D eigenvalue weighted by Gasteiger charge is -2.27. The van der Waals surface area contributed by atoms with Crippen molar-refractivity contribution in [3.63, 3.8) is 0 Å². The molecule has 1 aliphatic heterocycles. The van der Waals surface area contributed by atoms with E-state index >= 15 is 0 Å². The first-order valence-electron chi connectivity index (χ1n) is 11.2. The number of nitrogens with two attached hydrogens (primary N) is 1. The van der Waals surface area contributed by atoms with Gasteiger partial charge in [0.25, 0.3) is 5.91 Å². The van der Waals surface area contributed by atoms with E-state index in [4.69, 9.17) is 5.73 Å². The van der Waals surface area contributed by atoms with Crippen molar-refractivity contribution in [2.24, 2.45) is 23.5 Å². The lowest BCUT2D eigenvalue weighted by Crippen LogP contribution is -2.41. The number of nitrogens with zero attached hydrogens (tertiary/aromatic N) is 3. The molecule has 2 bridgehead atoms. The van der Waals surface area contributed by atoms with Crippen molar-refractivity contribution in [2.75, 3.05) is 23.7 Å². The van der Waals surface area contributed by atoms with Crippen LogP contribution in [0.3, 0.4) is 0 Å². The van der Waals surface area contributed by atoms with Gasteiger partial charge in [0.15, 0.2) is 0 Å². The monoisotopic (exact) mass is 432 g/mol. The molecule has 2 fully saturated rings. The summed E-state index contributed by atoms with van der Waals surface area (Å²) in [5, 5.41) is 6.67. The number of nitrogens with one attached hydrogen (secondary N) is 2. The van der Waals surface area contributed by atoms with Crippen molar-refractivity contribution >= 4 is 29.3 Å². The van der Waals surface area contributed by atoms with E-state index in [0.29, 0.717) is 17.3 Å². The summed E-state index contributed by atoms with van der Waals surface area (Å²) in [6, 6.07) is 7.35. The fraction of sp³-hybridized carbons (Fsp3) is 0.417. The summed E-state index contributed by atoms with van der Waals surface area (Å²) in [5.41, 5.74) is 7.99. The highest BCUT2D eigenvalue weighted by Crippen LogP contribution is 2.45. The Morgan fingerprint density at radius 2 is 1.94 bits per heavy atom. The van der Waals surface area contributed by atoms with Crippen molar-refractivity contribution in [1.82, 2.24) is 14.9 Å². The Labute approximate surface area is 187 Å². The molecule has 0 radical (unpaired) electrons. The van der Waals surface area contributed by atoms with Crippen LogP contribution in [0.4, 0.5) is 17.5 Å². The minimum atomic E-state index is -0.274. The molecule has 8 heteroatoms. The lowest BCUT2D eigenvalue weighted by atomic mass is 9.88. The molecule has 2 amide bonds. The summed E-state index contributed by atoms with van der Waals surface area (Å²) in [6.45, 7) is 3.57. The Balaban J connectivity index is 1.33. The summed E-state index contributed by atoms with van der Waals surface area (Å²) >= 11 is 0. The van der Waals surface area contributed by atoms with Crippen molar-refractivity contribution < 1.29 is 9.59 Å². The van der Waals surface area contributed by atoms with Gasteiger partial charge in [-0.1, -0.05) is 18.2 Å². The predicted molar refractivity (Wildman–Crippen MR) is 122 cm³/mol. The smallest absolute Gasteiger partial charge is 0.253 e. The maximum atomic E-state index is 12.7. The highest BCUT2D eigenvalue weighted by atomic mass is 16.2. The van der Waals surface area contributed by atoms with Gasteiger partial charge in [-0.3, -0.25) is 9.59 Å². The van der Waals surface area contributed by atoms with Gasteiger partial charge in [0, 0.05) is 42.1 Å². The van der Waals surface area contributed by atoms with Crippen LogP contribution < -0.4 is 16.4 Å². The van der Waals surface area contributed by atoms with Gasteiger partial charge in [-0.15, -0.1) is 0 Å². The topological polar surface area (TPSA) is 113 Å². The number of carbonyl (C=O) groups excluding carboxylic acids is 2. The Morgan fingerprint density at radius 3 is 2.72 bits per heavy atom. The SMILES string of the molecule is Cc1cnc(Nc2cccc(C(=O)N3CCCC3)c2)nc1N[C@H]1[C@@H](C(N)=O)[C@@H]2C=C[C@H]1C2. The number of primary amides is 1. The number of benzene rings is 1. The zero-order valence-corrected chi connectivity index (χ0v) is 18.1. The van der Waals surface area contributed by atoms with Crippen molar-refractivity contribution in [3.8, 4) is 0 Å². The first-order valence-corrected chi connectivity index (χ1v) is 11.2. The van der Waals surface area contributed by atoms with Crippen molar-refractivity contribution in [2.45, 2.75) is 32.2 Å². The van der Waals surface area contributed by atoms with Gasteiger partial charge in [-0.05, 0) is 56.2 Å². The molecule has 4 atom stereocenters. The van der Waals surface area contributed by atoms with Crippen LogP contribution in [-0.4, -0.2) is 45.8 Å². The normalized spacial score (nSPS) is 25.8. The second kappa shape index (κ2) is 8.26. The Kier molecular flexibility index (Phi) is 5.28. The molecule has 5 rings (SSSR count). The minimum Gasteiger partial charge on any atom is -0.369 e. The molecule has 3 aliphatic rings. The number of aromatic nitrogens is 2. The molecule has 4 N–H and O–H groups in total. The Hall–Kier alpha value is -3.42. The molecule has 8 nitrogen and oxygen atoms in total. The van der Waals surface area contributed by atoms with Crippen LogP contribution in [0.15, 0.2) is 42.6 Å². The fourth-order valence-electron chi connectivity index (χ4n) is 5.18. The molecule has 2 heterocycles. The molecule has 0 unspecified atom stereocenters. The van der Waals surface area contributed by atoms with Crippen LogP contribution in [0.2, 0.25) is 0 Å². The van der Waals surface area contributed by atoms with Gasteiger partial charge >= 0.3 is 0 Å². The summed E-state index contributed by atoms with van der Waals surface area (Å²) in [4.78, 5) is 35.7. The second-order valence-electron chi connectivity index (χ2n) is 8.98. The maximum absolute atomic E-state index is 12.7. The molecule has 2 aromatic rings. The molecular formula is C24H28N6O2. The summed E-state index contributed by atoms with van der Waals surface area (Å²) in [7, 11) is 0. The highest BCUT2D eigenvalue weighted by Gasteiger charge is 2.47. The predicted octanol–water partition coefficient (Wildman–Crippen LogP) is 2.85. The zero-order valence-electron chi connectivity index (χ0n) is 18.1. The summed E-state index contributed by atoms with van der Waals surface area (Å²) < 4.78 is 0.